The lowest BCUT2D eigenvalue weighted by Crippen LogP contribution is -2.09. The molecule has 0 radical (unpaired) electrons. The first-order valence-corrected chi connectivity index (χ1v) is 7.93. The van der Waals surface area contributed by atoms with Crippen LogP contribution in [-0.2, 0) is 22.6 Å². The van der Waals surface area contributed by atoms with Crippen LogP contribution in [0.15, 0.2) is 36.4 Å². The molecule has 24 heavy (non-hydrogen) atoms. The fourth-order valence-corrected chi connectivity index (χ4v) is 2.62. The van der Waals surface area contributed by atoms with Crippen LogP contribution in [0.4, 0.5) is 0 Å². The Kier molecular flexibility index (Phi) is 6.23. The van der Waals surface area contributed by atoms with E-state index in [4.69, 9.17) is 32.7 Å². The van der Waals surface area contributed by atoms with Crippen LogP contribution in [0.1, 0.15) is 28.4 Å². The van der Waals surface area contributed by atoms with E-state index in [-0.39, 0.29) is 18.8 Å². The molecule has 126 valence electrons. The number of methoxy groups -OCH3 is 1. The van der Waals surface area contributed by atoms with Crippen molar-refractivity contribution in [3.05, 3.63) is 63.1 Å². The normalized spacial score (nSPS) is 10.3. The SMILES string of the molecule is COc1ccc(C(C)=O)cc1COC(=O)Cc1ccc(Cl)cc1Cl. The van der Waals surface area contributed by atoms with Crippen molar-refractivity contribution >= 4 is 35.0 Å². The zero-order valence-corrected chi connectivity index (χ0v) is 14.8. The van der Waals surface area contributed by atoms with Gasteiger partial charge in [0.15, 0.2) is 5.78 Å². The molecule has 0 fully saturated rings. The molecule has 0 saturated carbocycles. The van der Waals surface area contributed by atoms with Crippen molar-refractivity contribution in [2.75, 3.05) is 7.11 Å². The summed E-state index contributed by atoms with van der Waals surface area (Å²) in [5, 5.41) is 0.915. The molecular formula is C18H16Cl2O4. The first kappa shape index (κ1) is 18.3. The second-order valence-electron chi connectivity index (χ2n) is 5.16. The Morgan fingerprint density at radius 3 is 2.42 bits per heavy atom. The second-order valence-corrected chi connectivity index (χ2v) is 6.00. The number of Topliss-reactive ketones (excluding diaryl/α,β-unsaturated/α-hetero) is 1. The minimum Gasteiger partial charge on any atom is -0.496 e. The van der Waals surface area contributed by atoms with Crippen molar-refractivity contribution in [1.29, 1.82) is 0 Å². The molecule has 2 aromatic rings. The van der Waals surface area contributed by atoms with Crippen LogP contribution < -0.4 is 4.74 Å². The number of halogens is 2. The van der Waals surface area contributed by atoms with Gasteiger partial charge in [0.05, 0.1) is 13.5 Å². The van der Waals surface area contributed by atoms with Crippen LogP contribution in [0.25, 0.3) is 0 Å². The molecule has 0 atom stereocenters. The standard InChI is InChI=1S/C18H16Cl2O4/c1-11(21)12-4-6-17(23-2)14(7-12)10-24-18(22)8-13-3-5-15(19)9-16(13)20/h3-7,9H,8,10H2,1-2H3. The van der Waals surface area contributed by atoms with E-state index in [1.807, 2.05) is 0 Å². The summed E-state index contributed by atoms with van der Waals surface area (Å²) >= 11 is 11.9. The van der Waals surface area contributed by atoms with Crippen molar-refractivity contribution in [2.45, 2.75) is 20.0 Å². The Balaban J connectivity index is 2.05. The van der Waals surface area contributed by atoms with Crippen LogP contribution in [0.5, 0.6) is 5.75 Å². The van der Waals surface area contributed by atoms with Gasteiger partial charge in [-0.2, -0.15) is 0 Å². The van der Waals surface area contributed by atoms with E-state index in [0.29, 0.717) is 32.5 Å². The van der Waals surface area contributed by atoms with Gasteiger partial charge in [0, 0.05) is 21.2 Å². The van der Waals surface area contributed by atoms with E-state index >= 15 is 0 Å². The monoisotopic (exact) mass is 366 g/mol. The van der Waals surface area contributed by atoms with E-state index in [2.05, 4.69) is 0 Å². The highest BCUT2D eigenvalue weighted by molar-refractivity contribution is 6.35. The zero-order valence-electron chi connectivity index (χ0n) is 13.3. The lowest BCUT2D eigenvalue weighted by Gasteiger charge is -2.11. The lowest BCUT2D eigenvalue weighted by molar-refractivity contribution is -0.144. The van der Waals surface area contributed by atoms with E-state index < -0.39 is 5.97 Å². The quantitative estimate of drug-likeness (QED) is 0.558. The number of ketones is 1. The first-order valence-electron chi connectivity index (χ1n) is 7.18. The Hall–Kier alpha value is -2.04. The largest absolute Gasteiger partial charge is 0.496 e. The van der Waals surface area contributed by atoms with Crippen LogP contribution in [0, 0.1) is 0 Å². The number of carbonyl (C=O) groups excluding carboxylic acids is 2. The number of ether oxygens (including phenoxy) is 2. The van der Waals surface area contributed by atoms with Crippen LogP contribution in [-0.4, -0.2) is 18.9 Å². The Bertz CT molecular complexity index is 772. The third-order valence-corrected chi connectivity index (χ3v) is 4.01. The van der Waals surface area contributed by atoms with Gasteiger partial charge in [0.1, 0.15) is 12.4 Å². The number of hydrogen-bond donors (Lipinski definition) is 0. The van der Waals surface area contributed by atoms with Gasteiger partial charge in [-0.1, -0.05) is 29.3 Å². The number of hydrogen-bond acceptors (Lipinski definition) is 4. The summed E-state index contributed by atoms with van der Waals surface area (Å²) in [5.41, 5.74) is 1.79. The summed E-state index contributed by atoms with van der Waals surface area (Å²) in [4.78, 5) is 23.5. The fourth-order valence-electron chi connectivity index (χ4n) is 2.14. The molecule has 2 rings (SSSR count). The summed E-state index contributed by atoms with van der Waals surface area (Å²) in [5.74, 6) is 0.0463. The number of esters is 1. The zero-order chi connectivity index (χ0) is 17.7. The Labute approximate surface area is 150 Å². The topological polar surface area (TPSA) is 52.6 Å². The molecule has 0 aliphatic heterocycles. The van der Waals surface area contributed by atoms with Crippen LogP contribution in [0.3, 0.4) is 0 Å². The summed E-state index contributed by atoms with van der Waals surface area (Å²) in [6, 6.07) is 9.92. The third kappa shape index (κ3) is 4.73. The van der Waals surface area contributed by atoms with Crippen molar-refractivity contribution in [3.8, 4) is 5.75 Å². The Morgan fingerprint density at radius 2 is 1.79 bits per heavy atom. The molecule has 0 aromatic heterocycles. The van der Waals surface area contributed by atoms with Gasteiger partial charge in [0.25, 0.3) is 0 Å². The molecule has 0 saturated heterocycles. The highest BCUT2D eigenvalue weighted by Crippen LogP contribution is 2.23. The first-order chi connectivity index (χ1) is 11.4. The molecule has 0 aliphatic carbocycles. The van der Waals surface area contributed by atoms with Gasteiger partial charge < -0.3 is 9.47 Å². The summed E-state index contributed by atoms with van der Waals surface area (Å²) in [7, 11) is 1.52. The molecule has 0 bridgehead atoms. The maximum Gasteiger partial charge on any atom is 0.310 e. The van der Waals surface area contributed by atoms with Gasteiger partial charge in [-0.15, -0.1) is 0 Å². The summed E-state index contributed by atoms with van der Waals surface area (Å²) in [6.07, 6.45) is 0.0325. The van der Waals surface area contributed by atoms with Crippen molar-refractivity contribution in [1.82, 2.24) is 0 Å². The van der Waals surface area contributed by atoms with Gasteiger partial charge in [-0.05, 0) is 42.8 Å². The molecule has 0 unspecified atom stereocenters. The number of carbonyl (C=O) groups is 2. The second kappa shape index (κ2) is 8.18. The Morgan fingerprint density at radius 1 is 1.04 bits per heavy atom. The van der Waals surface area contributed by atoms with E-state index in [9.17, 15) is 9.59 Å². The lowest BCUT2D eigenvalue weighted by atomic mass is 10.1. The smallest absolute Gasteiger partial charge is 0.310 e. The van der Waals surface area contributed by atoms with E-state index in [0.717, 1.165) is 0 Å². The van der Waals surface area contributed by atoms with Gasteiger partial charge in [-0.3, -0.25) is 9.59 Å². The predicted molar refractivity (Wildman–Crippen MR) is 93.0 cm³/mol. The molecule has 0 heterocycles. The maximum atomic E-state index is 12.0. The predicted octanol–water partition coefficient (Wildman–Crippen LogP) is 4.49. The van der Waals surface area contributed by atoms with Crippen LogP contribution in [0.2, 0.25) is 10.0 Å². The molecule has 4 nitrogen and oxygen atoms in total. The van der Waals surface area contributed by atoms with Gasteiger partial charge >= 0.3 is 5.97 Å². The number of benzene rings is 2. The van der Waals surface area contributed by atoms with Crippen molar-refractivity contribution in [3.63, 3.8) is 0 Å². The fraction of sp³-hybridized carbons (Fsp3) is 0.222. The van der Waals surface area contributed by atoms with Crippen LogP contribution >= 0.6 is 23.2 Å². The number of rotatable bonds is 6. The molecule has 0 N–H and O–H groups in total. The highest BCUT2D eigenvalue weighted by Gasteiger charge is 2.12. The summed E-state index contributed by atoms with van der Waals surface area (Å²) < 4.78 is 10.5. The highest BCUT2D eigenvalue weighted by atomic mass is 35.5. The minimum atomic E-state index is -0.436. The maximum absolute atomic E-state index is 12.0. The molecule has 2 aromatic carbocycles. The van der Waals surface area contributed by atoms with Crippen molar-refractivity contribution in [2.24, 2.45) is 0 Å². The molecule has 0 spiro atoms. The average Bonchev–Trinajstić information content (AvgIpc) is 2.55. The molecule has 6 heteroatoms. The van der Waals surface area contributed by atoms with Crippen molar-refractivity contribution < 1.29 is 19.1 Å². The van der Waals surface area contributed by atoms with E-state index in [1.54, 1.807) is 36.4 Å². The third-order valence-electron chi connectivity index (χ3n) is 3.43. The average molecular weight is 367 g/mol. The van der Waals surface area contributed by atoms with Gasteiger partial charge in [-0.25, -0.2) is 0 Å². The molecule has 0 aliphatic rings. The molecule has 0 amide bonds. The summed E-state index contributed by atoms with van der Waals surface area (Å²) in [6.45, 7) is 1.48. The van der Waals surface area contributed by atoms with Gasteiger partial charge in [0.2, 0.25) is 0 Å². The molecular weight excluding hydrogens is 351 g/mol. The minimum absolute atomic E-state index is 0.00827. The van der Waals surface area contributed by atoms with E-state index in [1.165, 1.54) is 14.0 Å².